The molecule has 0 bridgehead atoms. The largest absolute Gasteiger partial charge is 0.416 e. The molecule has 0 N–H and O–H groups in total. The van der Waals surface area contributed by atoms with E-state index in [0.29, 0.717) is 12.1 Å². The first-order valence-electron chi connectivity index (χ1n) is 7.18. The summed E-state index contributed by atoms with van der Waals surface area (Å²) in [6.07, 6.45) is 4.31. The first-order chi connectivity index (χ1) is 10.4. The van der Waals surface area contributed by atoms with Crippen LogP contribution in [0.25, 0.3) is 0 Å². The van der Waals surface area contributed by atoms with Crippen molar-refractivity contribution in [1.29, 1.82) is 0 Å². The molecule has 0 spiro atoms. The summed E-state index contributed by atoms with van der Waals surface area (Å²) in [4.78, 5) is 13.9. The second-order valence-corrected chi connectivity index (χ2v) is 5.28. The van der Waals surface area contributed by atoms with Gasteiger partial charge in [-0.25, -0.2) is 0 Å². The number of nitrogens with zero attached hydrogens (tertiary/aromatic N) is 1. The molecule has 118 valence electrons. The van der Waals surface area contributed by atoms with Gasteiger partial charge < -0.3 is 4.90 Å². The van der Waals surface area contributed by atoms with Gasteiger partial charge in [0.2, 0.25) is 5.91 Å². The topological polar surface area (TPSA) is 20.3 Å². The van der Waals surface area contributed by atoms with E-state index in [1.165, 1.54) is 18.2 Å². The molecule has 1 aromatic rings. The van der Waals surface area contributed by atoms with Crippen molar-refractivity contribution in [2.75, 3.05) is 0 Å². The van der Waals surface area contributed by atoms with Crippen LogP contribution in [0.15, 0.2) is 48.6 Å². The minimum atomic E-state index is -4.33. The molecule has 0 saturated heterocycles. The molecule has 0 heterocycles. The van der Waals surface area contributed by atoms with E-state index < -0.39 is 11.7 Å². The highest BCUT2D eigenvalue weighted by Crippen LogP contribution is 2.31. The summed E-state index contributed by atoms with van der Waals surface area (Å²) in [5, 5.41) is 0. The van der Waals surface area contributed by atoms with Crippen molar-refractivity contribution in [1.82, 2.24) is 4.90 Å². The number of allylic oxidation sites excluding steroid dienone is 3. The number of benzene rings is 1. The van der Waals surface area contributed by atoms with E-state index in [1.807, 2.05) is 13.0 Å². The first kappa shape index (κ1) is 16.3. The maximum absolute atomic E-state index is 12.5. The van der Waals surface area contributed by atoms with E-state index in [2.05, 4.69) is 0 Å². The van der Waals surface area contributed by atoms with Gasteiger partial charge in [0, 0.05) is 18.7 Å². The second-order valence-electron chi connectivity index (χ2n) is 5.28. The van der Waals surface area contributed by atoms with Crippen molar-refractivity contribution in [2.45, 2.75) is 38.5 Å². The highest BCUT2D eigenvalue weighted by Gasteiger charge is 2.32. The fourth-order valence-corrected chi connectivity index (χ4v) is 2.11. The molecule has 1 amide bonds. The first-order valence-corrected chi connectivity index (χ1v) is 7.18. The van der Waals surface area contributed by atoms with Crippen LogP contribution in [0, 0.1) is 0 Å². The van der Waals surface area contributed by atoms with Crippen LogP contribution in [-0.2, 0) is 17.5 Å². The van der Waals surface area contributed by atoms with E-state index in [9.17, 15) is 18.0 Å². The predicted molar refractivity (Wildman–Crippen MR) is 79.0 cm³/mol. The van der Waals surface area contributed by atoms with Crippen LogP contribution >= 0.6 is 0 Å². The summed E-state index contributed by atoms with van der Waals surface area (Å²) >= 11 is 0. The number of carbonyl (C=O) groups excluding carboxylic acids is 1. The number of rotatable bonds is 5. The van der Waals surface area contributed by atoms with Gasteiger partial charge in [-0.05, 0) is 37.5 Å². The van der Waals surface area contributed by atoms with Crippen molar-refractivity contribution >= 4 is 5.91 Å². The lowest BCUT2D eigenvalue weighted by Crippen LogP contribution is -2.31. The smallest absolute Gasteiger partial charge is 0.332 e. The molecule has 1 aliphatic rings. The number of amides is 1. The molecule has 0 radical (unpaired) electrons. The molecule has 1 aromatic carbocycles. The van der Waals surface area contributed by atoms with Crippen molar-refractivity contribution in [3.05, 3.63) is 59.7 Å². The van der Waals surface area contributed by atoms with Crippen LogP contribution in [0.1, 0.15) is 30.9 Å². The summed E-state index contributed by atoms with van der Waals surface area (Å²) in [6, 6.07) is 5.17. The maximum Gasteiger partial charge on any atom is 0.416 e. The van der Waals surface area contributed by atoms with Crippen LogP contribution in [0.3, 0.4) is 0 Å². The third-order valence-corrected chi connectivity index (χ3v) is 3.45. The lowest BCUT2D eigenvalue weighted by Gasteiger charge is -2.21. The van der Waals surface area contributed by atoms with E-state index in [4.69, 9.17) is 0 Å². The Morgan fingerprint density at radius 2 is 1.86 bits per heavy atom. The van der Waals surface area contributed by atoms with Gasteiger partial charge in [0.1, 0.15) is 0 Å². The highest BCUT2D eigenvalue weighted by atomic mass is 19.4. The molecular formula is C17H18F3NO. The highest BCUT2D eigenvalue weighted by molar-refractivity contribution is 5.88. The molecule has 0 aliphatic heterocycles. The van der Waals surface area contributed by atoms with Crippen LogP contribution in [0.4, 0.5) is 13.2 Å². The Hall–Kier alpha value is -2.04. The molecule has 1 saturated carbocycles. The Bertz CT molecular complexity index is 569. The van der Waals surface area contributed by atoms with Crippen LogP contribution in [0.2, 0.25) is 0 Å². The van der Waals surface area contributed by atoms with Gasteiger partial charge in [-0.15, -0.1) is 0 Å². The Morgan fingerprint density at radius 1 is 1.23 bits per heavy atom. The van der Waals surface area contributed by atoms with E-state index >= 15 is 0 Å². The number of hydrogen-bond acceptors (Lipinski definition) is 1. The van der Waals surface area contributed by atoms with E-state index in [0.717, 1.165) is 25.0 Å². The van der Waals surface area contributed by atoms with Gasteiger partial charge in [-0.3, -0.25) is 4.79 Å². The Kier molecular flexibility index (Phi) is 5.06. The molecular weight excluding hydrogens is 291 g/mol. The number of halogens is 3. The van der Waals surface area contributed by atoms with Crippen molar-refractivity contribution in [3.8, 4) is 0 Å². The molecule has 1 fully saturated rings. The summed E-state index contributed by atoms with van der Waals surface area (Å²) in [6.45, 7) is 2.19. The molecule has 1 aliphatic carbocycles. The summed E-state index contributed by atoms with van der Waals surface area (Å²) < 4.78 is 37.6. The van der Waals surface area contributed by atoms with Gasteiger partial charge in [0.05, 0.1) is 5.56 Å². The average molecular weight is 309 g/mol. The van der Waals surface area contributed by atoms with Crippen molar-refractivity contribution in [2.24, 2.45) is 0 Å². The number of hydrogen-bond donors (Lipinski definition) is 0. The molecule has 0 unspecified atom stereocenters. The Morgan fingerprint density at radius 3 is 2.36 bits per heavy atom. The van der Waals surface area contributed by atoms with Gasteiger partial charge in [0.25, 0.3) is 0 Å². The van der Waals surface area contributed by atoms with Crippen molar-refractivity contribution in [3.63, 3.8) is 0 Å². The maximum atomic E-state index is 12.5. The van der Waals surface area contributed by atoms with Gasteiger partial charge >= 0.3 is 6.18 Å². The minimum absolute atomic E-state index is 0.111. The monoisotopic (exact) mass is 309 g/mol. The summed E-state index contributed by atoms with van der Waals surface area (Å²) in [7, 11) is 0. The Balaban J connectivity index is 2.07. The quantitative estimate of drug-likeness (QED) is 0.585. The summed E-state index contributed by atoms with van der Waals surface area (Å²) in [5.41, 5.74) is 0.0289. The second kappa shape index (κ2) is 6.81. The molecule has 2 rings (SSSR count). The SMILES string of the molecule is C/C=C/C=C/C(=O)N(Cc1ccc(C(F)(F)F)cc1)C1CC1. The molecule has 22 heavy (non-hydrogen) atoms. The predicted octanol–water partition coefficient (Wildman–Crippen LogP) is 4.33. The third kappa shape index (κ3) is 4.48. The standard InChI is InChI=1S/C17H18F3NO/c1-2-3-4-5-16(22)21(15-10-11-15)12-13-6-8-14(9-7-13)17(18,19)20/h2-9,15H,10-12H2,1H3/b3-2+,5-4+. The third-order valence-electron chi connectivity index (χ3n) is 3.45. The Labute approximate surface area is 127 Å². The van der Waals surface area contributed by atoms with Gasteiger partial charge in [-0.2, -0.15) is 13.2 Å². The van der Waals surface area contributed by atoms with Crippen LogP contribution in [0.5, 0.6) is 0 Å². The van der Waals surface area contributed by atoms with Crippen LogP contribution in [-0.4, -0.2) is 16.8 Å². The minimum Gasteiger partial charge on any atom is -0.332 e. The lowest BCUT2D eigenvalue weighted by molar-refractivity contribution is -0.137. The van der Waals surface area contributed by atoms with Gasteiger partial charge in [-0.1, -0.05) is 30.4 Å². The zero-order valence-corrected chi connectivity index (χ0v) is 12.3. The van der Waals surface area contributed by atoms with Crippen molar-refractivity contribution < 1.29 is 18.0 Å². The van der Waals surface area contributed by atoms with E-state index in [-0.39, 0.29) is 11.9 Å². The molecule has 0 atom stereocenters. The summed E-state index contributed by atoms with van der Waals surface area (Å²) in [5.74, 6) is -0.111. The number of carbonyl (C=O) groups is 1. The zero-order valence-electron chi connectivity index (χ0n) is 12.3. The molecule has 2 nitrogen and oxygen atoms in total. The zero-order chi connectivity index (χ0) is 16.2. The van der Waals surface area contributed by atoms with Crippen LogP contribution < -0.4 is 0 Å². The normalized spacial score (nSPS) is 15.6. The van der Waals surface area contributed by atoms with Gasteiger partial charge in [0.15, 0.2) is 0 Å². The lowest BCUT2D eigenvalue weighted by atomic mass is 10.1. The molecule has 5 heteroatoms. The average Bonchev–Trinajstić information content (AvgIpc) is 3.29. The number of alkyl halides is 3. The molecule has 0 aromatic heterocycles. The van der Waals surface area contributed by atoms with E-state index in [1.54, 1.807) is 17.1 Å². The fourth-order valence-electron chi connectivity index (χ4n) is 2.11. The fraction of sp³-hybridized carbons (Fsp3) is 0.353.